The largest absolute Gasteiger partial charge is 0.501 e. The van der Waals surface area contributed by atoms with Gasteiger partial charge in [0.15, 0.2) is 5.03 Å². The topological polar surface area (TPSA) is 128 Å². The lowest BCUT2D eigenvalue weighted by Crippen LogP contribution is -2.41. The predicted molar refractivity (Wildman–Crippen MR) is 145 cm³/mol. The van der Waals surface area contributed by atoms with Crippen molar-refractivity contribution in [2.75, 3.05) is 23.8 Å². The Morgan fingerprint density at radius 1 is 1.24 bits per heavy atom. The van der Waals surface area contributed by atoms with Crippen molar-refractivity contribution >= 4 is 33.1 Å². The number of amides is 1. The summed E-state index contributed by atoms with van der Waals surface area (Å²) < 4.78 is 34.0. The van der Waals surface area contributed by atoms with Crippen LogP contribution in [0.15, 0.2) is 35.6 Å². The van der Waals surface area contributed by atoms with Gasteiger partial charge in [-0.15, -0.1) is 0 Å². The molecule has 4 heterocycles. The second-order valence-corrected chi connectivity index (χ2v) is 13.3. The highest BCUT2D eigenvalue weighted by molar-refractivity contribution is 7.90. The van der Waals surface area contributed by atoms with Gasteiger partial charge in [-0.05, 0) is 62.8 Å². The van der Waals surface area contributed by atoms with Crippen LogP contribution < -0.4 is 15.4 Å². The summed E-state index contributed by atoms with van der Waals surface area (Å²) in [5, 5.41) is -0.319. The number of ether oxygens (including phenoxy) is 1. The van der Waals surface area contributed by atoms with Gasteiger partial charge < -0.3 is 15.4 Å². The second kappa shape index (κ2) is 9.63. The van der Waals surface area contributed by atoms with E-state index in [1.54, 1.807) is 12.3 Å². The number of nitrogen functional groups attached to an aromatic ring is 1. The van der Waals surface area contributed by atoms with Gasteiger partial charge in [-0.3, -0.25) is 4.79 Å². The first-order valence-electron chi connectivity index (χ1n) is 12.6. The van der Waals surface area contributed by atoms with E-state index in [1.807, 2.05) is 0 Å². The zero-order valence-corrected chi connectivity index (χ0v) is 23.3. The van der Waals surface area contributed by atoms with Gasteiger partial charge in [0, 0.05) is 23.1 Å². The number of pyridine rings is 2. The molecular formula is C27H37N5O4S. The van der Waals surface area contributed by atoms with Crippen molar-refractivity contribution in [1.82, 2.24) is 14.7 Å². The molecule has 1 saturated heterocycles. The summed E-state index contributed by atoms with van der Waals surface area (Å²) in [6.07, 6.45) is 4.28. The molecule has 0 bridgehead atoms. The van der Waals surface area contributed by atoms with Crippen LogP contribution in [0.5, 0.6) is 0 Å². The number of nitrogens with two attached hydrogens (primary N) is 1. The number of anilines is 2. The number of allylic oxidation sites excluding steroid dienone is 1. The van der Waals surface area contributed by atoms with Crippen molar-refractivity contribution in [3.8, 4) is 0 Å². The number of hydrogen-bond donors (Lipinski definition) is 2. The molecule has 0 saturated carbocycles. The minimum absolute atomic E-state index is 0.0477. The van der Waals surface area contributed by atoms with Crippen molar-refractivity contribution in [2.24, 2.45) is 5.92 Å². The summed E-state index contributed by atoms with van der Waals surface area (Å²) in [7, 11) is -4.26. The number of aromatic nitrogens is 2. The van der Waals surface area contributed by atoms with E-state index >= 15 is 0 Å². The number of carbonyl (C=O) groups excluding carboxylic acids is 1. The molecule has 2 aromatic heterocycles. The van der Waals surface area contributed by atoms with Gasteiger partial charge in [-0.1, -0.05) is 33.8 Å². The van der Waals surface area contributed by atoms with Crippen LogP contribution in [0.4, 0.5) is 11.6 Å². The molecule has 0 aliphatic carbocycles. The average molecular weight is 528 g/mol. The second-order valence-electron chi connectivity index (χ2n) is 11.7. The van der Waals surface area contributed by atoms with Crippen LogP contribution in [-0.4, -0.2) is 43.0 Å². The van der Waals surface area contributed by atoms with E-state index in [-0.39, 0.29) is 27.4 Å². The lowest BCUT2D eigenvalue weighted by molar-refractivity contribution is 0.0981. The molecule has 9 nitrogen and oxygen atoms in total. The Hall–Kier alpha value is -3.14. The van der Waals surface area contributed by atoms with E-state index in [1.165, 1.54) is 18.2 Å². The molecule has 37 heavy (non-hydrogen) atoms. The minimum atomic E-state index is -4.26. The molecule has 0 radical (unpaired) electrons. The fourth-order valence-corrected chi connectivity index (χ4v) is 6.17. The number of rotatable bonds is 5. The molecule has 0 aromatic carbocycles. The van der Waals surface area contributed by atoms with Crippen LogP contribution in [0.2, 0.25) is 0 Å². The van der Waals surface area contributed by atoms with E-state index < -0.39 is 15.9 Å². The Kier molecular flexibility index (Phi) is 7.00. The molecule has 200 valence electrons. The van der Waals surface area contributed by atoms with Gasteiger partial charge in [0.05, 0.1) is 24.1 Å². The van der Waals surface area contributed by atoms with Crippen LogP contribution in [0.1, 0.15) is 82.4 Å². The molecule has 3 N–H and O–H groups in total. The molecule has 0 spiro atoms. The number of nitrogens with one attached hydrogen (secondary N) is 1. The van der Waals surface area contributed by atoms with Crippen LogP contribution in [0.25, 0.3) is 5.57 Å². The molecule has 10 heteroatoms. The van der Waals surface area contributed by atoms with Crippen LogP contribution in [0, 0.1) is 5.92 Å². The highest BCUT2D eigenvalue weighted by Crippen LogP contribution is 2.41. The monoisotopic (exact) mass is 527 g/mol. The Labute approximate surface area is 219 Å². The Bertz CT molecular complexity index is 1350. The fraction of sp³-hybridized carbons (Fsp3) is 0.519. The summed E-state index contributed by atoms with van der Waals surface area (Å²) in [4.78, 5) is 24.8. The van der Waals surface area contributed by atoms with Crippen LogP contribution in [-0.2, 0) is 20.2 Å². The quantitative estimate of drug-likeness (QED) is 0.591. The summed E-state index contributed by atoms with van der Waals surface area (Å²) in [5.74, 6) is 0.154. The number of sulfonamides is 1. The summed E-state index contributed by atoms with van der Waals surface area (Å²) in [5.41, 5.74) is 7.87. The maximum atomic E-state index is 13.7. The lowest BCUT2D eigenvalue weighted by Gasteiger charge is -2.35. The van der Waals surface area contributed by atoms with Gasteiger partial charge in [0.25, 0.3) is 15.9 Å². The molecule has 1 amide bonds. The fourth-order valence-electron chi connectivity index (χ4n) is 5.22. The lowest BCUT2D eigenvalue weighted by atomic mass is 9.84. The number of hydrogen-bond acceptors (Lipinski definition) is 8. The molecular weight excluding hydrogens is 490 g/mol. The highest BCUT2D eigenvalue weighted by atomic mass is 32.2. The SMILES string of the molecule is CC1CN(c2nc(C(C)(C)C)c(C3=COCCC3)cc2C(=O)NS(=O)(=O)c2cccc(N)n2)C(C)(C)C1. The number of nitrogens with zero attached hydrogens (tertiary/aromatic N) is 3. The number of carbonyl (C=O) groups is 1. The van der Waals surface area contributed by atoms with Crippen LogP contribution >= 0.6 is 0 Å². The third-order valence-electron chi connectivity index (χ3n) is 6.81. The van der Waals surface area contributed by atoms with E-state index in [2.05, 4.69) is 56.1 Å². The first-order chi connectivity index (χ1) is 17.2. The van der Waals surface area contributed by atoms with E-state index in [0.717, 1.165) is 36.1 Å². The third kappa shape index (κ3) is 5.58. The first kappa shape index (κ1) is 26.9. The van der Waals surface area contributed by atoms with Crippen molar-refractivity contribution in [2.45, 2.75) is 76.8 Å². The standard InChI is InChI=1S/C27H37N5O4S/c1-17-14-27(5,6)32(15-17)24-20(25(33)31-37(34,35)22-11-7-10-21(28)29-22)13-19(18-9-8-12-36-16-18)23(30-24)26(2,3)4/h7,10-11,13,16-17H,8-9,12,14-15H2,1-6H3,(H2,28,29)(H,31,33). The van der Waals surface area contributed by atoms with E-state index in [9.17, 15) is 13.2 Å². The van der Waals surface area contributed by atoms with Gasteiger partial charge in [-0.25, -0.2) is 14.7 Å². The first-order valence-corrected chi connectivity index (χ1v) is 14.1. The van der Waals surface area contributed by atoms with Crippen molar-refractivity contribution < 1.29 is 17.9 Å². The zero-order valence-electron chi connectivity index (χ0n) is 22.5. The normalized spacial score (nSPS) is 19.8. The maximum absolute atomic E-state index is 13.7. The third-order valence-corrected chi connectivity index (χ3v) is 8.05. The van der Waals surface area contributed by atoms with Crippen LogP contribution in [0.3, 0.4) is 0 Å². The Morgan fingerprint density at radius 3 is 2.54 bits per heavy atom. The zero-order chi connectivity index (χ0) is 27.2. The van der Waals surface area contributed by atoms with Crippen molar-refractivity contribution in [3.05, 3.63) is 47.3 Å². The summed E-state index contributed by atoms with van der Waals surface area (Å²) in [6.45, 7) is 14.0. The highest BCUT2D eigenvalue weighted by Gasteiger charge is 2.40. The van der Waals surface area contributed by atoms with E-state index in [0.29, 0.717) is 24.9 Å². The predicted octanol–water partition coefficient (Wildman–Crippen LogP) is 4.25. The molecule has 2 aliphatic rings. The molecule has 1 atom stereocenters. The minimum Gasteiger partial charge on any atom is -0.501 e. The summed E-state index contributed by atoms with van der Waals surface area (Å²) in [6, 6.07) is 6.04. The smallest absolute Gasteiger partial charge is 0.281 e. The van der Waals surface area contributed by atoms with Gasteiger partial charge in [-0.2, -0.15) is 8.42 Å². The Balaban J connectivity index is 1.89. The van der Waals surface area contributed by atoms with Crippen molar-refractivity contribution in [1.29, 1.82) is 0 Å². The Morgan fingerprint density at radius 2 is 1.97 bits per heavy atom. The van der Waals surface area contributed by atoms with E-state index in [4.69, 9.17) is 15.5 Å². The molecule has 1 unspecified atom stereocenters. The van der Waals surface area contributed by atoms with Gasteiger partial charge >= 0.3 is 0 Å². The van der Waals surface area contributed by atoms with Crippen molar-refractivity contribution in [3.63, 3.8) is 0 Å². The maximum Gasteiger partial charge on any atom is 0.281 e. The molecule has 4 rings (SSSR count). The molecule has 2 aromatic rings. The van der Waals surface area contributed by atoms with Gasteiger partial charge in [0.2, 0.25) is 0 Å². The van der Waals surface area contributed by atoms with Gasteiger partial charge in [0.1, 0.15) is 11.6 Å². The average Bonchev–Trinajstić information content (AvgIpc) is 3.09. The molecule has 1 fully saturated rings. The molecule has 2 aliphatic heterocycles. The summed E-state index contributed by atoms with van der Waals surface area (Å²) >= 11 is 0.